The average Bonchev–Trinajstić information content (AvgIpc) is 3.39. The maximum absolute atomic E-state index is 13.7. The van der Waals surface area contributed by atoms with Gasteiger partial charge < -0.3 is 19.1 Å². The van der Waals surface area contributed by atoms with E-state index in [2.05, 4.69) is 41.0 Å². The largest absolute Gasteiger partial charge is 0.483 e. The summed E-state index contributed by atoms with van der Waals surface area (Å²) in [6.45, 7) is 6.44. The van der Waals surface area contributed by atoms with Gasteiger partial charge in [-0.3, -0.25) is 19.3 Å². The summed E-state index contributed by atoms with van der Waals surface area (Å²) in [5, 5.41) is 0. The van der Waals surface area contributed by atoms with Crippen molar-refractivity contribution >= 4 is 17.8 Å². The Morgan fingerprint density at radius 2 is 1.83 bits per heavy atom. The molecule has 0 aromatic heterocycles. The van der Waals surface area contributed by atoms with Gasteiger partial charge in [0.05, 0.1) is 17.5 Å². The number of likely N-dealkylation sites (tertiary alicyclic amines) is 1. The Kier molecular flexibility index (Phi) is 7.84. The molecule has 1 amide bonds. The van der Waals surface area contributed by atoms with Crippen molar-refractivity contribution in [3.63, 3.8) is 0 Å². The van der Waals surface area contributed by atoms with E-state index in [1.54, 1.807) is 11.9 Å². The van der Waals surface area contributed by atoms with Crippen LogP contribution in [0.25, 0.3) is 0 Å². The lowest BCUT2D eigenvalue weighted by molar-refractivity contribution is -0.223. The molecule has 1 saturated carbocycles. The molecule has 1 spiro atoms. The number of rotatable bonds is 6. The fraction of sp³-hybridized carbons (Fsp3) is 0.410. The van der Waals surface area contributed by atoms with Gasteiger partial charge in [0.15, 0.2) is 11.5 Å². The first-order chi connectivity index (χ1) is 22.6. The molecule has 3 aromatic carbocycles. The van der Waals surface area contributed by atoms with Gasteiger partial charge in [-0.05, 0) is 80.5 Å². The number of benzene rings is 3. The van der Waals surface area contributed by atoms with Crippen molar-refractivity contribution in [3.05, 3.63) is 94.5 Å². The zero-order chi connectivity index (χ0) is 32.9. The van der Waals surface area contributed by atoms with Gasteiger partial charge >= 0.3 is 11.9 Å². The van der Waals surface area contributed by atoms with Crippen LogP contribution in [0.1, 0.15) is 60.9 Å². The number of ether oxygens (including phenoxy) is 3. The van der Waals surface area contributed by atoms with Crippen LogP contribution in [0.2, 0.25) is 0 Å². The van der Waals surface area contributed by atoms with Crippen LogP contribution in [0, 0.1) is 18.8 Å². The summed E-state index contributed by atoms with van der Waals surface area (Å²) in [6.07, 6.45) is 2.79. The van der Waals surface area contributed by atoms with E-state index in [9.17, 15) is 14.4 Å². The number of carbonyl (C=O) groups is 3. The summed E-state index contributed by atoms with van der Waals surface area (Å²) < 4.78 is 19.2. The minimum Gasteiger partial charge on any atom is -0.483 e. The number of amides is 1. The third-order valence-electron chi connectivity index (χ3n) is 10.7. The van der Waals surface area contributed by atoms with E-state index in [1.807, 2.05) is 49.4 Å². The molecule has 8 nitrogen and oxygen atoms in total. The minimum absolute atomic E-state index is 0.0870. The summed E-state index contributed by atoms with van der Waals surface area (Å²) in [6, 6.07) is 21.6. The monoisotopic (exact) mass is 632 g/mol. The fourth-order valence-electron chi connectivity index (χ4n) is 8.93. The molecule has 0 N–H and O–H groups in total. The van der Waals surface area contributed by atoms with Crippen LogP contribution in [0.4, 0.5) is 0 Å². The smallest absolute Gasteiger partial charge is 0.308 e. The molecule has 2 aliphatic carbocycles. The van der Waals surface area contributed by atoms with E-state index < -0.39 is 23.1 Å². The maximum Gasteiger partial charge on any atom is 0.308 e. The molecule has 0 unspecified atom stereocenters. The first-order valence-corrected chi connectivity index (χ1v) is 16.5. The summed E-state index contributed by atoms with van der Waals surface area (Å²) in [4.78, 5) is 43.1. The first-order valence-electron chi connectivity index (χ1n) is 16.5. The van der Waals surface area contributed by atoms with Crippen LogP contribution in [0.15, 0.2) is 66.7 Å². The molecule has 4 aliphatic rings. The molecule has 8 heteroatoms. The maximum atomic E-state index is 13.7. The van der Waals surface area contributed by atoms with Crippen molar-refractivity contribution in [1.29, 1.82) is 0 Å². The Bertz CT molecular complexity index is 1810. The highest BCUT2D eigenvalue weighted by Crippen LogP contribution is 2.67. The van der Waals surface area contributed by atoms with Gasteiger partial charge in [0.2, 0.25) is 0 Å². The van der Waals surface area contributed by atoms with Crippen molar-refractivity contribution in [3.8, 4) is 23.3 Å². The number of hydrogen-bond donors (Lipinski definition) is 0. The van der Waals surface area contributed by atoms with E-state index in [-0.39, 0.29) is 24.0 Å². The molecule has 7 rings (SSSR count). The Labute approximate surface area is 276 Å². The van der Waals surface area contributed by atoms with Gasteiger partial charge in [0.25, 0.3) is 5.91 Å². The van der Waals surface area contributed by atoms with Crippen LogP contribution >= 0.6 is 0 Å². The van der Waals surface area contributed by atoms with Crippen molar-refractivity contribution in [1.82, 2.24) is 9.80 Å². The Balaban J connectivity index is 1.31. The quantitative estimate of drug-likeness (QED) is 0.220. The number of aryl methyl sites for hydroxylation is 1. The van der Waals surface area contributed by atoms with Crippen LogP contribution < -0.4 is 9.47 Å². The van der Waals surface area contributed by atoms with E-state index in [0.717, 1.165) is 41.8 Å². The minimum atomic E-state index is -0.890. The molecule has 242 valence electrons. The zero-order valence-corrected chi connectivity index (χ0v) is 27.4. The molecular formula is C39H40N2O6. The van der Waals surface area contributed by atoms with Crippen LogP contribution in [0.3, 0.4) is 0 Å². The standard InChI is InChI=1S/C39H40N2O6/c1-25-9-8-12-29(23-25)13-16-34(44)40(4)31-17-19-39(47-27(3)43)33-24-30-14-15-32(45-26(2)42)36-35(30)38(39,37(31)46-36)20-22-41(33)21-18-28-10-6-5-7-11-28/h5-12,14-15,23,31,33,37H,17-22,24H2,1-4H3/t31-,33-,37+,38+,39-/m1/s1. The Morgan fingerprint density at radius 1 is 1.02 bits per heavy atom. The summed E-state index contributed by atoms with van der Waals surface area (Å²) >= 11 is 0. The van der Waals surface area contributed by atoms with Gasteiger partial charge in [0.1, 0.15) is 11.7 Å². The van der Waals surface area contributed by atoms with Crippen LogP contribution in [-0.2, 0) is 37.4 Å². The van der Waals surface area contributed by atoms with Crippen LogP contribution in [0.5, 0.6) is 11.5 Å². The topological polar surface area (TPSA) is 85.4 Å². The molecule has 5 atom stereocenters. The second kappa shape index (κ2) is 11.9. The van der Waals surface area contributed by atoms with Gasteiger partial charge in [-0.2, -0.15) is 0 Å². The summed E-state index contributed by atoms with van der Waals surface area (Å²) in [5.41, 5.74) is 3.54. The molecule has 2 bridgehead atoms. The lowest BCUT2D eigenvalue weighted by atomic mass is 9.48. The van der Waals surface area contributed by atoms with E-state index in [1.165, 1.54) is 19.4 Å². The summed E-state index contributed by atoms with van der Waals surface area (Å²) in [7, 11) is 1.78. The molecule has 0 radical (unpaired) electrons. The molecule has 2 aliphatic heterocycles. The molecule has 47 heavy (non-hydrogen) atoms. The second-order valence-electron chi connectivity index (χ2n) is 13.4. The van der Waals surface area contributed by atoms with Gasteiger partial charge in [-0.25, -0.2) is 0 Å². The third kappa shape index (κ3) is 5.08. The predicted octanol–water partition coefficient (Wildman–Crippen LogP) is 4.77. The molecule has 1 saturated heterocycles. The lowest BCUT2D eigenvalue weighted by Gasteiger charge is -2.65. The van der Waals surface area contributed by atoms with Crippen LogP contribution in [-0.4, -0.2) is 71.6 Å². The molecule has 2 heterocycles. The fourth-order valence-corrected chi connectivity index (χ4v) is 8.93. The highest BCUT2D eigenvalue weighted by molar-refractivity contribution is 5.94. The number of esters is 2. The number of hydrogen-bond acceptors (Lipinski definition) is 7. The van der Waals surface area contributed by atoms with E-state index in [4.69, 9.17) is 14.2 Å². The van der Waals surface area contributed by atoms with Crippen molar-refractivity contribution in [2.75, 3.05) is 20.1 Å². The number of nitrogens with zero attached hydrogens (tertiary/aromatic N) is 2. The molecule has 2 fully saturated rings. The van der Waals surface area contributed by atoms with Gasteiger partial charge in [-0.15, -0.1) is 0 Å². The van der Waals surface area contributed by atoms with E-state index >= 15 is 0 Å². The van der Waals surface area contributed by atoms with Crippen molar-refractivity contribution < 1.29 is 28.6 Å². The van der Waals surface area contributed by atoms with Gasteiger partial charge in [-0.1, -0.05) is 54.5 Å². The normalized spacial score (nSPS) is 26.6. The third-order valence-corrected chi connectivity index (χ3v) is 10.7. The Morgan fingerprint density at radius 3 is 2.57 bits per heavy atom. The highest BCUT2D eigenvalue weighted by Gasteiger charge is 2.75. The van der Waals surface area contributed by atoms with E-state index in [0.29, 0.717) is 37.2 Å². The van der Waals surface area contributed by atoms with Crippen molar-refractivity contribution in [2.24, 2.45) is 0 Å². The van der Waals surface area contributed by atoms with Crippen molar-refractivity contribution in [2.45, 2.75) is 82.1 Å². The Hall–Kier alpha value is -4.61. The lowest BCUT2D eigenvalue weighted by Crippen LogP contribution is -2.79. The van der Waals surface area contributed by atoms with Gasteiger partial charge in [0, 0.05) is 44.5 Å². The summed E-state index contributed by atoms with van der Waals surface area (Å²) in [5.74, 6) is 5.68. The number of piperidine rings is 1. The molecule has 3 aromatic rings. The molecular weight excluding hydrogens is 592 g/mol. The second-order valence-corrected chi connectivity index (χ2v) is 13.4. The number of carbonyl (C=O) groups excluding carboxylic acids is 3. The predicted molar refractivity (Wildman–Crippen MR) is 176 cm³/mol. The average molecular weight is 633 g/mol. The zero-order valence-electron chi connectivity index (χ0n) is 27.4. The highest BCUT2D eigenvalue weighted by atomic mass is 16.6. The first kappa shape index (κ1) is 31.0. The SMILES string of the molecule is CC(=O)Oc1ccc2c3c1O[C@H]1[C@H](N(C)C(=O)C#Cc4cccc(C)c4)CC[C@@]4(OC(C)=O)[C@@H](C2)N(CCc2ccccc2)CC[C@]314. The number of likely N-dealkylation sites (N-methyl/N-ethyl adjacent to an activating group) is 1.